The Morgan fingerprint density at radius 2 is 1.65 bits per heavy atom. The molecule has 6 heteroatoms. The van der Waals surface area contributed by atoms with Crippen molar-refractivity contribution in [1.29, 1.82) is 0 Å². The average Bonchev–Trinajstić information content (AvgIpc) is 2.51. The third kappa shape index (κ3) is 5.63. The fourth-order valence-corrected chi connectivity index (χ4v) is 1.98. The highest BCUT2D eigenvalue weighted by molar-refractivity contribution is 5.97. The van der Waals surface area contributed by atoms with Gasteiger partial charge in [-0.2, -0.15) is 0 Å². The first-order chi connectivity index (χ1) is 10.8. The zero-order valence-corrected chi connectivity index (χ0v) is 14.0. The summed E-state index contributed by atoms with van der Waals surface area (Å²) >= 11 is 0. The van der Waals surface area contributed by atoms with Gasteiger partial charge in [0.05, 0.1) is 0 Å². The molecule has 0 saturated carbocycles. The molecule has 2 amide bonds. The van der Waals surface area contributed by atoms with Crippen LogP contribution in [0.4, 0.5) is 4.39 Å². The van der Waals surface area contributed by atoms with Gasteiger partial charge in [-0.05, 0) is 43.0 Å². The number of rotatable bonds is 7. The van der Waals surface area contributed by atoms with Crippen molar-refractivity contribution in [2.45, 2.75) is 39.8 Å². The maximum Gasteiger partial charge on any atom is 0.251 e. The predicted molar refractivity (Wildman–Crippen MR) is 86.3 cm³/mol. The summed E-state index contributed by atoms with van der Waals surface area (Å²) in [6.07, 6.45) is 0. The molecule has 0 aliphatic rings. The van der Waals surface area contributed by atoms with Crippen molar-refractivity contribution in [3.8, 4) is 0 Å². The zero-order valence-electron chi connectivity index (χ0n) is 14.0. The molecule has 1 aromatic rings. The number of hydrogen-bond acceptors (Lipinski definition) is 3. The number of carbonyl (C=O) groups excluding carboxylic acids is 2. The highest BCUT2D eigenvalue weighted by Gasteiger charge is 2.26. The van der Waals surface area contributed by atoms with Crippen LogP contribution < -0.4 is 10.6 Å². The molecule has 0 aliphatic carbocycles. The normalized spacial score (nSPS) is 14.9. The lowest BCUT2D eigenvalue weighted by molar-refractivity contribution is -0.125. The number of hydrogen-bond donors (Lipinski definition) is 3. The Bertz CT molecular complexity index is 531. The topological polar surface area (TPSA) is 78.4 Å². The molecule has 0 heterocycles. The molecular formula is C17H25FN2O3. The van der Waals surface area contributed by atoms with Crippen LogP contribution in [0.2, 0.25) is 0 Å². The first-order valence-electron chi connectivity index (χ1n) is 7.74. The van der Waals surface area contributed by atoms with Crippen molar-refractivity contribution in [1.82, 2.24) is 10.6 Å². The number of benzene rings is 1. The summed E-state index contributed by atoms with van der Waals surface area (Å²) in [5.74, 6) is -1.35. The van der Waals surface area contributed by atoms with Crippen molar-refractivity contribution in [3.05, 3.63) is 35.6 Å². The van der Waals surface area contributed by atoms with Crippen LogP contribution in [0.25, 0.3) is 0 Å². The van der Waals surface area contributed by atoms with Gasteiger partial charge in [-0.15, -0.1) is 0 Å². The standard InChI is InChI=1S/C17H25FN2O3/c1-10(2)15(17(23)19-12(4)11(3)9-21)20-16(22)13-5-7-14(18)8-6-13/h5-8,10-12,15,21H,9H2,1-4H3,(H,19,23)(H,20,22). The summed E-state index contributed by atoms with van der Waals surface area (Å²) in [6, 6.07) is 4.22. The van der Waals surface area contributed by atoms with Gasteiger partial charge in [0.2, 0.25) is 5.91 Å². The van der Waals surface area contributed by atoms with E-state index in [0.29, 0.717) is 5.56 Å². The second-order valence-corrected chi connectivity index (χ2v) is 6.16. The Labute approximate surface area is 136 Å². The van der Waals surface area contributed by atoms with E-state index >= 15 is 0 Å². The van der Waals surface area contributed by atoms with E-state index in [4.69, 9.17) is 5.11 Å². The van der Waals surface area contributed by atoms with E-state index in [2.05, 4.69) is 10.6 Å². The fraction of sp³-hybridized carbons (Fsp3) is 0.529. The fourth-order valence-electron chi connectivity index (χ4n) is 1.98. The second kappa shape index (κ2) is 8.62. The molecule has 0 spiro atoms. The molecule has 0 fully saturated rings. The summed E-state index contributed by atoms with van der Waals surface area (Å²) in [5.41, 5.74) is 0.293. The number of amides is 2. The minimum atomic E-state index is -0.708. The number of nitrogens with one attached hydrogen (secondary N) is 2. The summed E-state index contributed by atoms with van der Waals surface area (Å²) < 4.78 is 12.9. The van der Waals surface area contributed by atoms with E-state index in [1.54, 1.807) is 6.92 Å². The van der Waals surface area contributed by atoms with Crippen molar-refractivity contribution in [3.63, 3.8) is 0 Å². The molecule has 3 N–H and O–H groups in total. The van der Waals surface area contributed by atoms with Gasteiger partial charge in [0.15, 0.2) is 0 Å². The lowest BCUT2D eigenvalue weighted by atomic mass is 10.00. The van der Waals surface area contributed by atoms with Gasteiger partial charge in [-0.25, -0.2) is 4.39 Å². The number of carbonyl (C=O) groups is 2. The van der Waals surface area contributed by atoms with E-state index < -0.39 is 17.8 Å². The van der Waals surface area contributed by atoms with Crippen LogP contribution in [-0.2, 0) is 4.79 Å². The SMILES string of the molecule is CC(C)C(NC(=O)c1ccc(F)cc1)C(=O)NC(C)C(C)CO. The molecule has 128 valence electrons. The van der Waals surface area contributed by atoms with Crippen molar-refractivity contribution < 1.29 is 19.1 Å². The number of aliphatic hydroxyl groups is 1. The molecule has 0 aromatic heterocycles. The first-order valence-corrected chi connectivity index (χ1v) is 7.74. The molecule has 3 atom stereocenters. The Balaban J connectivity index is 2.76. The van der Waals surface area contributed by atoms with Crippen LogP contribution in [0.3, 0.4) is 0 Å². The van der Waals surface area contributed by atoms with E-state index in [-0.39, 0.29) is 30.4 Å². The minimum Gasteiger partial charge on any atom is -0.396 e. The monoisotopic (exact) mass is 324 g/mol. The average molecular weight is 324 g/mol. The molecule has 3 unspecified atom stereocenters. The Kier molecular flexibility index (Phi) is 7.16. The summed E-state index contributed by atoms with van der Waals surface area (Å²) in [6.45, 7) is 7.25. The summed E-state index contributed by atoms with van der Waals surface area (Å²) in [4.78, 5) is 24.6. The lowest BCUT2D eigenvalue weighted by Crippen LogP contribution is -2.52. The van der Waals surface area contributed by atoms with Crippen LogP contribution >= 0.6 is 0 Å². The van der Waals surface area contributed by atoms with Gasteiger partial charge in [-0.1, -0.05) is 20.8 Å². The molecule has 0 radical (unpaired) electrons. The molecule has 1 aromatic carbocycles. The minimum absolute atomic E-state index is 0.0320. The first kappa shape index (κ1) is 19.1. The molecule has 0 bridgehead atoms. The highest BCUT2D eigenvalue weighted by Crippen LogP contribution is 2.08. The Morgan fingerprint density at radius 3 is 2.13 bits per heavy atom. The quantitative estimate of drug-likeness (QED) is 0.714. The van der Waals surface area contributed by atoms with Gasteiger partial charge in [0.1, 0.15) is 11.9 Å². The molecule has 5 nitrogen and oxygen atoms in total. The van der Waals surface area contributed by atoms with Crippen LogP contribution in [0.1, 0.15) is 38.1 Å². The number of halogens is 1. The maximum absolute atomic E-state index is 12.9. The molecular weight excluding hydrogens is 299 g/mol. The van der Waals surface area contributed by atoms with Gasteiger partial charge >= 0.3 is 0 Å². The van der Waals surface area contributed by atoms with E-state index in [1.165, 1.54) is 24.3 Å². The third-order valence-corrected chi connectivity index (χ3v) is 3.85. The second-order valence-electron chi connectivity index (χ2n) is 6.16. The predicted octanol–water partition coefficient (Wildman–Crippen LogP) is 1.71. The van der Waals surface area contributed by atoms with Crippen molar-refractivity contribution in [2.75, 3.05) is 6.61 Å². The molecule has 1 rings (SSSR count). The van der Waals surface area contributed by atoms with Crippen molar-refractivity contribution in [2.24, 2.45) is 11.8 Å². The summed E-state index contributed by atoms with van der Waals surface area (Å²) in [7, 11) is 0. The molecule has 0 saturated heterocycles. The smallest absolute Gasteiger partial charge is 0.251 e. The van der Waals surface area contributed by atoms with Crippen LogP contribution in [0, 0.1) is 17.7 Å². The van der Waals surface area contributed by atoms with Crippen molar-refractivity contribution >= 4 is 11.8 Å². The zero-order chi connectivity index (χ0) is 17.6. The Morgan fingerprint density at radius 1 is 1.09 bits per heavy atom. The van der Waals surface area contributed by atoms with Gasteiger partial charge in [-0.3, -0.25) is 9.59 Å². The van der Waals surface area contributed by atoms with Crippen LogP contribution in [-0.4, -0.2) is 35.6 Å². The molecule has 0 aliphatic heterocycles. The lowest BCUT2D eigenvalue weighted by Gasteiger charge is -2.26. The van der Waals surface area contributed by atoms with E-state index in [1.807, 2.05) is 20.8 Å². The van der Waals surface area contributed by atoms with Gasteiger partial charge < -0.3 is 15.7 Å². The van der Waals surface area contributed by atoms with E-state index in [9.17, 15) is 14.0 Å². The number of aliphatic hydroxyl groups excluding tert-OH is 1. The largest absolute Gasteiger partial charge is 0.396 e. The van der Waals surface area contributed by atoms with E-state index in [0.717, 1.165) is 0 Å². The van der Waals surface area contributed by atoms with Crippen LogP contribution in [0.5, 0.6) is 0 Å². The maximum atomic E-state index is 12.9. The highest BCUT2D eigenvalue weighted by atomic mass is 19.1. The molecule has 23 heavy (non-hydrogen) atoms. The third-order valence-electron chi connectivity index (χ3n) is 3.85. The van der Waals surface area contributed by atoms with Gasteiger partial charge in [0.25, 0.3) is 5.91 Å². The van der Waals surface area contributed by atoms with Gasteiger partial charge in [0, 0.05) is 18.2 Å². The Hall–Kier alpha value is -1.95. The summed E-state index contributed by atoms with van der Waals surface area (Å²) in [5, 5.41) is 14.6. The van der Waals surface area contributed by atoms with Crippen LogP contribution in [0.15, 0.2) is 24.3 Å².